The molecule has 0 unspecified atom stereocenters. The molecule has 0 atom stereocenters. The van der Waals surface area contributed by atoms with Gasteiger partial charge in [0.25, 0.3) is 0 Å². The number of aryl methyl sites for hydroxylation is 1. The van der Waals surface area contributed by atoms with Crippen LogP contribution in [0.25, 0.3) is 5.57 Å². The number of nitrogens with zero attached hydrogens (tertiary/aromatic N) is 1. The lowest BCUT2D eigenvalue weighted by atomic mass is 10.1. The Kier molecular flexibility index (Phi) is 3.11. The molecule has 4 nitrogen and oxygen atoms in total. The van der Waals surface area contributed by atoms with Crippen LogP contribution < -0.4 is 0 Å². The molecule has 0 saturated heterocycles. The van der Waals surface area contributed by atoms with Crippen molar-refractivity contribution in [2.24, 2.45) is 0 Å². The van der Waals surface area contributed by atoms with Gasteiger partial charge in [-0.15, -0.1) is 0 Å². The number of aromatic amines is 1. The number of hydrogen-bond donors (Lipinski definition) is 1. The third kappa shape index (κ3) is 2.10. The standard InChI is InChI=1S/C14H18N2O2/c1-10-6-15-13(12(10)9-18)11(8-17)7-16(3)14(2)4-5-14/h6-9,15H,4-5H2,1-3H3/b11-7-. The molecular weight excluding hydrogens is 228 g/mol. The first kappa shape index (κ1) is 12.6. The lowest BCUT2D eigenvalue weighted by Gasteiger charge is -2.23. The van der Waals surface area contributed by atoms with Crippen molar-refractivity contribution in [1.82, 2.24) is 9.88 Å². The molecule has 0 amide bonds. The van der Waals surface area contributed by atoms with E-state index < -0.39 is 0 Å². The number of nitrogens with one attached hydrogen (secondary N) is 1. The largest absolute Gasteiger partial charge is 0.374 e. The second-order valence-corrected chi connectivity index (χ2v) is 5.19. The summed E-state index contributed by atoms with van der Waals surface area (Å²) in [6.45, 7) is 4.00. The Morgan fingerprint density at radius 1 is 1.44 bits per heavy atom. The van der Waals surface area contributed by atoms with E-state index in [4.69, 9.17) is 0 Å². The van der Waals surface area contributed by atoms with Crippen LogP contribution in [0.2, 0.25) is 0 Å². The van der Waals surface area contributed by atoms with E-state index in [9.17, 15) is 9.59 Å². The fourth-order valence-electron chi connectivity index (χ4n) is 1.98. The fraction of sp³-hybridized carbons (Fsp3) is 0.429. The zero-order valence-corrected chi connectivity index (χ0v) is 11.0. The van der Waals surface area contributed by atoms with Crippen LogP contribution in [0.4, 0.5) is 0 Å². The highest BCUT2D eigenvalue weighted by atomic mass is 16.1. The van der Waals surface area contributed by atoms with Gasteiger partial charge >= 0.3 is 0 Å². The molecule has 2 rings (SSSR count). The van der Waals surface area contributed by atoms with Crippen LogP contribution in [0, 0.1) is 6.92 Å². The van der Waals surface area contributed by atoms with Gasteiger partial charge in [0.05, 0.1) is 11.3 Å². The van der Waals surface area contributed by atoms with Gasteiger partial charge in [-0.3, -0.25) is 9.59 Å². The second-order valence-electron chi connectivity index (χ2n) is 5.19. The van der Waals surface area contributed by atoms with Gasteiger partial charge in [-0.25, -0.2) is 0 Å². The van der Waals surface area contributed by atoms with E-state index in [1.807, 2.05) is 20.2 Å². The SMILES string of the molecule is Cc1c[nH]c(/C(C=O)=C\N(C)C2(C)CC2)c1C=O. The summed E-state index contributed by atoms with van der Waals surface area (Å²) in [7, 11) is 1.97. The van der Waals surface area contributed by atoms with E-state index in [-0.39, 0.29) is 5.54 Å². The molecule has 0 aromatic carbocycles. The van der Waals surface area contributed by atoms with Crippen LogP contribution in [0.1, 0.15) is 41.4 Å². The first-order valence-electron chi connectivity index (χ1n) is 6.05. The van der Waals surface area contributed by atoms with E-state index >= 15 is 0 Å². The van der Waals surface area contributed by atoms with Crippen LogP contribution >= 0.6 is 0 Å². The van der Waals surface area contributed by atoms with Crippen molar-refractivity contribution in [2.75, 3.05) is 7.05 Å². The third-order valence-electron chi connectivity index (χ3n) is 3.82. The Morgan fingerprint density at radius 3 is 2.61 bits per heavy atom. The molecule has 1 heterocycles. The zero-order valence-electron chi connectivity index (χ0n) is 11.0. The van der Waals surface area contributed by atoms with E-state index in [0.29, 0.717) is 16.8 Å². The van der Waals surface area contributed by atoms with Gasteiger partial charge in [0, 0.05) is 30.5 Å². The van der Waals surface area contributed by atoms with Crippen LogP contribution in [0.5, 0.6) is 0 Å². The van der Waals surface area contributed by atoms with E-state index in [0.717, 1.165) is 31.0 Å². The summed E-state index contributed by atoms with van der Waals surface area (Å²) in [5.41, 5.74) is 2.70. The Morgan fingerprint density at radius 2 is 2.11 bits per heavy atom. The van der Waals surface area contributed by atoms with Crippen LogP contribution in [-0.2, 0) is 4.79 Å². The number of aldehydes is 2. The molecule has 1 aromatic rings. The molecule has 1 N–H and O–H groups in total. The first-order valence-corrected chi connectivity index (χ1v) is 6.05. The number of carbonyl (C=O) groups excluding carboxylic acids is 2. The van der Waals surface area contributed by atoms with Crippen LogP contribution in [-0.4, -0.2) is 35.0 Å². The van der Waals surface area contributed by atoms with Crippen molar-refractivity contribution in [3.05, 3.63) is 29.2 Å². The Bertz CT molecular complexity index is 510. The minimum Gasteiger partial charge on any atom is -0.374 e. The summed E-state index contributed by atoms with van der Waals surface area (Å²) in [6, 6.07) is 0. The number of aromatic nitrogens is 1. The molecule has 1 aliphatic rings. The predicted molar refractivity (Wildman–Crippen MR) is 70.4 cm³/mol. The Balaban J connectivity index is 2.35. The van der Waals surface area contributed by atoms with Crippen LogP contribution in [0.3, 0.4) is 0 Å². The van der Waals surface area contributed by atoms with Crippen molar-refractivity contribution >= 4 is 18.1 Å². The number of rotatable bonds is 5. The molecule has 1 aromatic heterocycles. The van der Waals surface area contributed by atoms with Crippen molar-refractivity contribution in [1.29, 1.82) is 0 Å². The summed E-state index contributed by atoms with van der Waals surface area (Å²) >= 11 is 0. The molecule has 4 heteroatoms. The van der Waals surface area contributed by atoms with E-state index in [1.165, 1.54) is 0 Å². The highest BCUT2D eigenvalue weighted by molar-refractivity contribution is 6.09. The second kappa shape index (κ2) is 4.44. The summed E-state index contributed by atoms with van der Waals surface area (Å²) in [4.78, 5) is 27.3. The molecule has 1 aliphatic carbocycles. The lowest BCUT2D eigenvalue weighted by molar-refractivity contribution is -0.103. The quantitative estimate of drug-likeness (QED) is 0.640. The summed E-state index contributed by atoms with van der Waals surface area (Å²) < 4.78 is 0. The third-order valence-corrected chi connectivity index (χ3v) is 3.82. The van der Waals surface area contributed by atoms with Gasteiger partial charge in [0.2, 0.25) is 0 Å². The van der Waals surface area contributed by atoms with Crippen molar-refractivity contribution in [3.63, 3.8) is 0 Å². The molecule has 18 heavy (non-hydrogen) atoms. The molecule has 0 bridgehead atoms. The minimum atomic E-state index is 0.164. The number of allylic oxidation sites excluding steroid dienone is 1. The van der Waals surface area contributed by atoms with Gasteiger partial charge < -0.3 is 9.88 Å². The van der Waals surface area contributed by atoms with Crippen LogP contribution in [0.15, 0.2) is 12.4 Å². The molecule has 96 valence electrons. The van der Waals surface area contributed by atoms with Gasteiger partial charge in [0.15, 0.2) is 12.6 Å². The maximum atomic E-state index is 11.2. The minimum absolute atomic E-state index is 0.164. The number of hydrogen-bond acceptors (Lipinski definition) is 3. The maximum absolute atomic E-state index is 11.2. The molecule has 0 spiro atoms. The van der Waals surface area contributed by atoms with Gasteiger partial charge in [-0.1, -0.05) is 0 Å². The zero-order chi connectivity index (χ0) is 13.3. The van der Waals surface area contributed by atoms with Crippen molar-refractivity contribution in [2.45, 2.75) is 32.2 Å². The summed E-state index contributed by atoms with van der Waals surface area (Å²) in [5.74, 6) is 0. The van der Waals surface area contributed by atoms with Crippen molar-refractivity contribution < 1.29 is 9.59 Å². The predicted octanol–water partition coefficient (Wildman–Crippen LogP) is 2.16. The number of carbonyl (C=O) groups is 2. The van der Waals surface area contributed by atoms with Crippen molar-refractivity contribution in [3.8, 4) is 0 Å². The van der Waals surface area contributed by atoms with Gasteiger partial charge in [-0.2, -0.15) is 0 Å². The maximum Gasteiger partial charge on any atom is 0.153 e. The Hall–Kier alpha value is -1.84. The first-order chi connectivity index (χ1) is 8.51. The van der Waals surface area contributed by atoms with Gasteiger partial charge in [0.1, 0.15) is 0 Å². The van der Waals surface area contributed by atoms with E-state index in [2.05, 4.69) is 16.8 Å². The van der Waals surface area contributed by atoms with E-state index in [1.54, 1.807) is 6.20 Å². The molecule has 1 fully saturated rings. The monoisotopic (exact) mass is 246 g/mol. The molecule has 0 aliphatic heterocycles. The number of H-pyrrole nitrogens is 1. The average molecular weight is 246 g/mol. The molecule has 1 saturated carbocycles. The smallest absolute Gasteiger partial charge is 0.153 e. The molecular formula is C14H18N2O2. The highest BCUT2D eigenvalue weighted by Crippen LogP contribution is 2.40. The summed E-state index contributed by atoms with van der Waals surface area (Å²) in [6.07, 6.45) is 7.41. The fourth-order valence-corrected chi connectivity index (χ4v) is 1.98. The highest BCUT2D eigenvalue weighted by Gasteiger charge is 2.40. The average Bonchev–Trinajstić information content (AvgIpc) is 3.00. The topological polar surface area (TPSA) is 53.2 Å². The molecule has 0 radical (unpaired) electrons. The normalized spacial score (nSPS) is 17.4. The lowest BCUT2D eigenvalue weighted by Crippen LogP contribution is -2.25. The summed E-state index contributed by atoms with van der Waals surface area (Å²) in [5, 5.41) is 0. The Labute approximate surface area is 107 Å². The van der Waals surface area contributed by atoms with Gasteiger partial charge in [-0.05, 0) is 32.3 Å².